The van der Waals surface area contributed by atoms with Gasteiger partial charge in [0.2, 0.25) is 0 Å². The molecule has 0 unspecified atom stereocenters. The maximum absolute atomic E-state index is 11.8. The van der Waals surface area contributed by atoms with E-state index in [2.05, 4.69) is 15.2 Å². The number of nitrogens with zero attached hydrogens (tertiary/aromatic N) is 2. The first-order valence-electron chi connectivity index (χ1n) is 6.26. The first kappa shape index (κ1) is 13.5. The summed E-state index contributed by atoms with van der Waals surface area (Å²) in [7, 11) is 0. The zero-order valence-electron chi connectivity index (χ0n) is 10.6. The smallest absolute Gasteiger partial charge is 0.263 e. The summed E-state index contributed by atoms with van der Waals surface area (Å²) >= 11 is 1.39. The number of carbonyl (C=O) groups excluding carboxylic acids is 1. The topological polar surface area (TPSA) is 54.5 Å². The summed E-state index contributed by atoms with van der Waals surface area (Å²) in [5.41, 5.74) is 2.52. The van der Waals surface area contributed by atoms with Crippen molar-refractivity contribution in [2.45, 2.75) is 13.3 Å². The zero-order valence-corrected chi connectivity index (χ0v) is 11.5. The van der Waals surface area contributed by atoms with E-state index in [4.69, 9.17) is 4.74 Å². The van der Waals surface area contributed by atoms with Crippen molar-refractivity contribution in [3.8, 4) is 0 Å². The van der Waals surface area contributed by atoms with Crippen molar-refractivity contribution < 1.29 is 9.53 Å². The summed E-state index contributed by atoms with van der Waals surface area (Å²) in [6.07, 6.45) is 0.976. The Hall–Kier alpha value is -0.980. The Morgan fingerprint density at radius 3 is 3.00 bits per heavy atom. The fraction of sp³-hybridized carbons (Fsp3) is 0.667. The Morgan fingerprint density at radius 2 is 2.33 bits per heavy atom. The van der Waals surface area contributed by atoms with Crippen molar-refractivity contribution in [1.29, 1.82) is 0 Å². The van der Waals surface area contributed by atoms with Crippen LogP contribution in [-0.2, 0) is 4.74 Å². The highest BCUT2D eigenvalue weighted by Gasteiger charge is 2.12. The minimum Gasteiger partial charge on any atom is -0.379 e. The lowest BCUT2D eigenvalue weighted by Gasteiger charge is -2.26. The van der Waals surface area contributed by atoms with E-state index in [1.54, 1.807) is 5.51 Å². The van der Waals surface area contributed by atoms with Gasteiger partial charge in [0, 0.05) is 19.6 Å². The number of ether oxygens (including phenoxy) is 1. The van der Waals surface area contributed by atoms with Gasteiger partial charge >= 0.3 is 0 Å². The molecule has 1 aliphatic rings. The fourth-order valence-electron chi connectivity index (χ4n) is 1.93. The average Bonchev–Trinajstić information content (AvgIpc) is 2.82. The molecule has 1 aliphatic heterocycles. The molecule has 2 rings (SSSR count). The molecule has 0 atom stereocenters. The standard InChI is InChI=1S/C12H19N3O2S/c1-10-11(18-9-14-10)12(16)13-3-2-4-15-5-7-17-8-6-15/h9H,2-8H2,1H3,(H,13,16). The molecule has 5 nitrogen and oxygen atoms in total. The summed E-state index contributed by atoms with van der Waals surface area (Å²) in [4.78, 5) is 19.0. The molecule has 0 aliphatic carbocycles. The fourth-order valence-corrected chi connectivity index (χ4v) is 2.65. The maximum atomic E-state index is 11.8. The molecule has 1 saturated heterocycles. The summed E-state index contributed by atoms with van der Waals surface area (Å²) in [5, 5.41) is 2.94. The molecule has 0 spiro atoms. The third-order valence-corrected chi connectivity index (χ3v) is 3.92. The lowest BCUT2D eigenvalue weighted by molar-refractivity contribution is 0.0374. The van der Waals surface area contributed by atoms with Crippen molar-refractivity contribution in [2.24, 2.45) is 0 Å². The number of morpholine rings is 1. The number of rotatable bonds is 5. The molecule has 100 valence electrons. The molecule has 0 bridgehead atoms. The van der Waals surface area contributed by atoms with Crippen LogP contribution in [0, 0.1) is 6.92 Å². The van der Waals surface area contributed by atoms with Gasteiger partial charge in [0.1, 0.15) is 4.88 Å². The number of aromatic nitrogens is 1. The third kappa shape index (κ3) is 3.76. The van der Waals surface area contributed by atoms with Gasteiger partial charge in [-0.15, -0.1) is 11.3 Å². The number of thiazole rings is 1. The molecule has 1 aromatic rings. The molecular formula is C12H19N3O2S. The van der Waals surface area contributed by atoms with E-state index in [0.29, 0.717) is 6.54 Å². The minimum atomic E-state index is -0.00280. The molecule has 1 fully saturated rings. The predicted octanol–water partition coefficient (Wildman–Crippen LogP) is 0.904. The number of amides is 1. The summed E-state index contributed by atoms with van der Waals surface area (Å²) in [6, 6.07) is 0. The Bertz CT molecular complexity index is 388. The molecular weight excluding hydrogens is 250 g/mol. The predicted molar refractivity (Wildman–Crippen MR) is 71.1 cm³/mol. The van der Waals surface area contributed by atoms with Crippen molar-refractivity contribution >= 4 is 17.2 Å². The van der Waals surface area contributed by atoms with Crippen molar-refractivity contribution in [1.82, 2.24) is 15.2 Å². The lowest BCUT2D eigenvalue weighted by Crippen LogP contribution is -2.38. The number of hydrogen-bond acceptors (Lipinski definition) is 5. The number of aryl methyl sites for hydroxylation is 1. The van der Waals surface area contributed by atoms with Crippen LogP contribution in [0.3, 0.4) is 0 Å². The van der Waals surface area contributed by atoms with Gasteiger partial charge in [-0.25, -0.2) is 4.98 Å². The maximum Gasteiger partial charge on any atom is 0.263 e. The highest BCUT2D eigenvalue weighted by atomic mass is 32.1. The highest BCUT2D eigenvalue weighted by molar-refractivity contribution is 7.11. The zero-order chi connectivity index (χ0) is 12.8. The van der Waals surface area contributed by atoms with Crippen LogP contribution >= 0.6 is 11.3 Å². The van der Waals surface area contributed by atoms with Crippen molar-refractivity contribution in [3.05, 3.63) is 16.1 Å². The molecule has 0 saturated carbocycles. The second-order valence-electron chi connectivity index (χ2n) is 4.33. The number of carbonyl (C=O) groups is 1. The number of hydrogen-bond donors (Lipinski definition) is 1. The second kappa shape index (κ2) is 6.82. The Kier molecular flexibility index (Phi) is 5.10. The molecule has 6 heteroatoms. The van der Waals surface area contributed by atoms with E-state index in [0.717, 1.165) is 49.8 Å². The SMILES string of the molecule is Cc1ncsc1C(=O)NCCCN1CCOCC1. The molecule has 0 aromatic carbocycles. The first-order valence-corrected chi connectivity index (χ1v) is 7.13. The Balaban J connectivity index is 1.63. The van der Waals surface area contributed by atoms with Gasteiger partial charge in [0.15, 0.2) is 0 Å². The van der Waals surface area contributed by atoms with E-state index >= 15 is 0 Å². The summed E-state index contributed by atoms with van der Waals surface area (Å²) < 4.78 is 5.29. The van der Waals surface area contributed by atoms with E-state index in [1.165, 1.54) is 11.3 Å². The van der Waals surface area contributed by atoms with E-state index < -0.39 is 0 Å². The van der Waals surface area contributed by atoms with E-state index in [9.17, 15) is 4.79 Å². The van der Waals surface area contributed by atoms with Gasteiger partial charge in [0.25, 0.3) is 5.91 Å². The van der Waals surface area contributed by atoms with Crippen LogP contribution in [0.15, 0.2) is 5.51 Å². The first-order chi connectivity index (χ1) is 8.77. The number of nitrogens with one attached hydrogen (secondary N) is 1. The molecule has 1 N–H and O–H groups in total. The highest BCUT2D eigenvalue weighted by Crippen LogP contribution is 2.11. The van der Waals surface area contributed by atoms with Crippen LogP contribution < -0.4 is 5.32 Å². The summed E-state index contributed by atoms with van der Waals surface area (Å²) in [5.74, 6) is -0.00280. The van der Waals surface area contributed by atoms with Gasteiger partial charge in [-0.3, -0.25) is 9.69 Å². The van der Waals surface area contributed by atoms with Crippen LogP contribution in [-0.4, -0.2) is 55.2 Å². The molecule has 1 amide bonds. The van der Waals surface area contributed by atoms with Gasteiger partial charge < -0.3 is 10.1 Å². The Labute approximate surface area is 111 Å². The van der Waals surface area contributed by atoms with Crippen LogP contribution in [0.4, 0.5) is 0 Å². The van der Waals surface area contributed by atoms with Gasteiger partial charge in [0.05, 0.1) is 24.4 Å². The van der Waals surface area contributed by atoms with Crippen LogP contribution in [0.25, 0.3) is 0 Å². The van der Waals surface area contributed by atoms with Crippen molar-refractivity contribution in [3.63, 3.8) is 0 Å². The van der Waals surface area contributed by atoms with Gasteiger partial charge in [-0.1, -0.05) is 0 Å². The van der Waals surface area contributed by atoms with Crippen LogP contribution in [0.5, 0.6) is 0 Å². The van der Waals surface area contributed by atoms with Crippen LogP contribution in [0.2, 0.25) is 0 Å². The molecule has 18 heavy (non-hydrogen) atoms. The monoisotopic (exact) mass is 269 g/mol. The van der Waals surface area contributed by atoms with Crippen LogP contribution in [0.1, 0.15) is 21.8 Å². The van der Waals surface area contributed by atoms with Crippen molar-refractivity contribution in [2.75, 3.05) is 39.4 Å². The Morgan fingerprint density at radius 1 is 1.56 bits per heavy atom. The van der Waals surface area contributed by atoms with Gasteiger partial charge in [-0.05, 0) is 19.9 Å². The lowest BCUT2D eigenvalue weighted by atomic mass is 10.3. The molecule has 0 radical (unpaired) electrons. The second-order valence-corrected chi connectivity index (χ2v) is 5.19. The minimum absolute atomic E-state index is 0.00280. The summed E-state index contributed by atoms with van der Waals surface area (Å²) in [6.45, 7) is 7.25. The van der Waals surface area contributed by atoms with E-state index in [1.807, 2.05) is 6.92 Å². The van der Waals surface area contributed by atoms with E-state index in [-0.39, 0.29) is 5.91 Å². The normalized spacial score (nSPS) is 16.7. The largest absolute Gasteiger partial charge is 0.379 e. The van der Waals surface area contributed by atoms with Gasteiger partial charge in [-0.2, -0.15) is 0 Å². The third-order valence-electron chi connectivity index (χ3n) is 2.99. The quantitative estimate of drug-likeness (QED) is 0.807. The molecule has 2 heterocycles. The molecule has 1 aromatic heterocycles. The average molecular weight is 269 g/mol.